The van der Waals surface area contributed by atoms with Gasteiger partial charge in [-0.25, -0.2) is 0 Å². The van der Waals surface area contributed by atoms with Crippen LogP contribution in [0.5, 0.6) is 0 Å². The van der Waals surface area contributed by atoms with Gasteiger partial charge < -0.3 is 9.74 Å². The molecule has 1 N–H and O–H groups in total. The average Bonchev–Trinajstić information content (AvgIpc) is 2.27. The molecule has 1 heterocycles. The van der Waals surface area contributed by atoms with E-state index in [0.29, 0.717) is 6.04 Å². The fourth-order valence-corrected chi connectivity index (χ4v) is 1.56. The summed E-state index contributed by atoms with van der Waals surface area (Å²) in [6.45, 7) is 5.18. The Bertz CT molecular complexity index is 117. The molecule has 0 saturated carbocycles. The molecule has 1 aliphatic rings. The Balaban J connectivity index is 2.17. The highest BCUT2D eigenvalue weighted by atomic mass is 16.6. The predicted octanol–water partition coefficient (Wildman–Crippen LogP) is 1.01. The highest BCUT2D eigenvalue weighted by molar-refractivity contribution is 4.70. The molecule has 1 saturated heterocycles. The first-order valence-corrected chi connectivity index (χ1v) is 4.88. The van der Waals surface area contributed by atoms with Crippen LogP contribution in [-0.2, 0) is 4.84 Å². The summed E-state index contributed by atoms with van der Waals surface area (Å²) >= 11 is 0. The summed E-state index contributed by atoms with van der Waals surface area (Å²) < 4.78 is 0. The zero-order valence-electron chi connectivity index (χ0n) is 8.18. The van der Waals surface area contributed by atoms with Gasteiger partial charge in [-0.3, -0.25) is 0 Å². The summed E-state index contributed by atoms with van der Waals surface area (Å²) in [7, 11) is 2.18. The van der Waals surface area contributed by atoms with E-state index in [1.165, 1.54) is 32.4 Å². The normalized spacial score (nSPS) is 27.0. The SMILES string of the molecule is CCONC1CCCN(C)CC1. The molecule has 0 spiro atoms. The second-order valence-corrected chi connectivity index (χ2v) is 3.48. The van der Waals surface area contributed by atoms with Crippen molar-refractivity contribution in [2.24, 2.45) is 0 Å². The Labute approximate surface area is 75.0 Å². The van der Waals surface area contributed by atoms with Crippen LogP contribution in [0, 0.1) is 0 Å². The molecule has 0 aromatic rings. The first-order valence-electron chi connectivity index (χ1n) is 4.88. The Morgan fingerprint density at radius 2 is 2.25 bits per heavy atom. The molecule has 0 radical (unpaired) electrons. The molecule has 3 heteroatoms. The number of likely N-dealkylation sites (tertiary alicyclic amines) is 1. The van der Waals surface area contributed by atoms with E-state index in [0.717, 1.165) is 6.61 Å². The number of hydroxylamine groups is 1. The molecule has 1 atom stereocenters. The van der Waals surface area contributed by atoms with Crippen molar-refractivity contribution in [3.63, 3.8) is 0 Å². The van der Waals surface area contributed by atoms with E-state index in [9.17, 15) is 0 Å². The largest absolute Gasteiger partial charge is 0.306 e. The molecule has 1 rings (SSSR count). The van der Waals surface area contributed by atoms with E-state index < -0.39 is 0 Å². The van der Waals surface area contributed by atoms with Crippen LogP contribution >= 0.6 is 0 Å². The van der Waals surface area contributed by atoms with Gasteiger partial charge in [-0.2, -0.15) is 5.48 Å². The Hall–Kier alpha value is -0.120. The highest BCUT2D eigenvalue weighted by Crippen LogP contribution is 2.09. The van der Waals surface area contributed by atoms with Gasteiger partial charge in [0.05, 0.1) is 6.61 Å². The van der Waals surface area contributed by atoms with Crippen LogP contribution in [0.4, 0.5) is 0 Å². The molecule has 1 aliphatic heterocycles. The fourth-order valence-electron chi connectivity index (χ4n) is 1.56. The van der Waals surface area contributed by atoms with Crippen LogP contribution in [0.1, 0.15) is 26.2 Å². The summed E-state index contributed by atoms with van der Waals surface area (Å²) in [6, 6.07) is 0.565. The summed E-state index contributed by atoms with van der Waals surface area (Å²) in [4.78, 5) is 7.58. The second-order valence-electron chi connectivity index (χ2n) is 3.48. The van der Waals surface area contributed by atoms with E-state index in [1.54, 1.807) is 0 Å². The maximum Gasteiger partial charge on any atom is 0.0654 e. The number of nitrogens with zero attached hydrogens (tertiary/aromatic N) is 1. The van der Waals surface area contributed by atoms with Crippen molar-refractivity contribution in [2.75, 3.05) is 26.7 Å². The quantitative estimate of drug-likeness (QED) is 0.643. The molecule has 0 aromatic heterocycles. The van der Waals surface area contributed by atoms with Gasteiger partial charge in [-0.15, -0.1) is 0 Å². The zero-order chi connectivity index (χ0) is 8.81. The first-order chi connectivity index (χ1) is 5.83. The van der Waals surface area contributed by atoms with Crippen LogP contribution in [0.25, 0.3) is 0 Å². The van der Waals surface area contributed by atoms with Crippen molar-refractivity contribution < 1.29 is 4.84 Å². The van der Waals surface area contributed by atoms with Gasteiger partial charge in [0.15, 0.2) is 0 Å². The maximum absolute atomic E-state index is 5.20. The van der Waals surface area contributed by atoms with Crippen molar-refractivity contribution in [3.05, 3.63) is 0 Å². The van der Waals surface area contributed by atoms with Crippen LogP contribution in [0.2, 0.25) is 0 Å². The van der Waals surface area contributed by atoms with Crippen LogP contribution < -0.4 is 5.48 Å². The monoisotopic (exact) mass is 172 g/mol. The third-order valence-corrected chi connectivity index (χ3v) is 2.35. The lowest BCUT2D eigenvalue weighted by molar-refractivity contribution is 0.0211. The molecular formula is C9H20N2O. The lowest BCUT2D eigenvalue weighted by Gasteiger charge is -2.15. The minimum absolute atomic E-state index is 0.565. The van der Waals surface area contributed by atoms with Gasteiger partial charge in [-0.05, 0) is 46.3 Å². The number of hydrogen-bond donors (Lipinski definition) is 1. The number of nitrogens with one attached hydrogen (secondary N) is 1. The number of hydrogen-bond acceptors (Lipinski definition) is 3. The van der Waals surface area contributed by atoms with Gasteiger partial charge in [0.25, 0.3) is 0 Å². The van der Waals surface area contributed by atoms with Gasteiger partial charge in [0, 0.05) is 6.04 Å². The summed E-state index contributed by atoms with van der Waals surface area (Å²) in [5.74, 6) is 0. The molecule has 0 amide bonds. The Kier molecular flexibility index (Phi) is 4.58. The van der Waals surface area contributed by atoms with Crippen LogP contribution in [0.15, 0.2) is 0 Å². The molecule has 0 bridgehead atoms. The van der Waals surface area contributed by atoms with E-state index >= 15 is 0 Å². The van der Waals surface area contributed by atoms with Gasteiger partial charge in [0.1, 0.15) is 0 Å². The third-order valence-electron chi connectivity index (χ3n) is 2.35. The van der Waals surface area contributed by atoms with Crippen molar-refractivity contribution in [1.29, 1.82) is 0 Å². The van der Waals surface area contributed by atoms with Crippen molar-refractivity contribution in [1.82, 2.24) is 10.4 Å². The summed E-state index contributed by atoms with van der Waals surface area (Å²) in [5, 5.41) is 0. The topological polar surface area (TPSA) is 24.5 Å². The van der Waals surface area contributed by atoms with Gasteiger partial charge in [-0.1, -0.05) is 0 Å². The van der Waals surface area contributed by atoms with E-state index in [2.05, 4.69) is 17.4 Å². The van der Waals surface area contributed by atoms with Crippen molar-refractivity contribution >= 4 is 0 Å². The zero-order valence-corrected chi connectivity index (χ0v) is 8.18. The van der Waals surface area contributed by atoms with E-state index in [1.807, 2.05) is 6.92 Å². The fraction of sp³-hybridized carbons (Fsp3) is 1.00. The van der Waals surface area contributed by atoms with E-state index in [4.69, 9.17) is 4.84 Å². The molecule has 72 valence electrons. The molecule has 1 unspecified atom stereocenters. The third kappa shape index (κ3) is 3.52. The minimum Gasteiger partial charge on any atom is -0.306 e. The minimum atomic E-state index is 0.565. The lowest BCUT2D eigenvalue weighted by Crippen LogP contribution is -2.30. The maximum atomic E-state index is 5.20. The van der Waals surface area contributed by atoms with E-state index in [-0.39, 0.29) is 0 Å². The van der Waals surface area contributed by atoms with Gasteiger partial charge in [0.2, 0.25) is 0 Å². The Morgan fingerprint density at radius 1 is 1.42 bits per heavy atom. The van der Waals surface area contributed by atoms with Gasteiger partial charge >= 0.3 is 0 Å². The van der Waals surface area contributed by atoms with Crippen molar-refractivity contribution in [3.8, 4) is 0 Å². The average molecular weight is 172 g/mol. The number of rotatable bonds is 3. The molecule has 12 heavy (non-hydrogen) atoms. The van der Waals surface area contributed by atoms with Crippen LogP contribution in [-0.4, -0.2) is 37.7 Å². The molecule has 0 aromatic carbocycles. The molecule has 1 fully saturated rings. The standard InChI is InChI=1S/C9H20N2O/c1-3-12-10-9-5-4-7-11(2)8-6-9/h9-10H,3-8H2,1-2H3. The smallest absolute Gasteiger partial charge is 0.0654 e. The summed E-state index contributed by atoms with van der Waals surface area (Å²) in [5.41, 5.74) is 3.11. The molecule has 0 aliphatic carbocycles. The van der Waals surface area contributed by atoms with Crippen molar-refractivity contribution in [2.45, 2.75) is 32.2 Å². The first kappa shape index (κ1) is 9.96. The second kappa shape index (κ2) is 5.51. The summed E-state index contributed by atoms with van der Waals surface area (Å²) in [6.07, 6.45) is 3.72. The molecule has 3 nitrogen and oxygen atoms in total. The lowest BCUT2D eigenvalue weighted by atomic mass is 10.1. The predicted molar refractivity (Wildman–Crippen MR) is 49.9 cm³/mol. The highest BCUT2D eigenvalue weighted by Gasteiger charge is 2.13. The molecular weight excluding hydrogens is 152 g/mol. The Morgan fingerprint density at radius 3 is 3.00 bits per heavy atom. The van der Waals surface area contributed by atoms with Crippen LogP contribution in [0.3, 0.4) is 0 Å².